The molecule has 7 heteroatoms. The van der Waals surface area contributed by atoms with Gasteiger partial charge >= 0.3 is 5.97 Å². The minimum absolute atomic E-state index is 0.0165. The molecule has 0 radical (unpaired) electrons. The molecular weight excluding hydrogens is 248 g/mol. The number of nitro benzene ring substituents is 1. The molecule has 1 aromatic carbocycles. The number of benzene rings is 1. The van der Waals surface area contributed by atoms with Gasteiger partial charge in [0.1, 0.15) is 11.6 Å². The number of carbonyl (C=O) groups is 1. The number of halogens is 1. The van der Waals surface area contributed by atoms with E-state index < -0.39 is 23.0 Å². The molecule has 1 aromatic rings. The van der Waals surface area contributed by atoms with Gasteiger partial charge in [0.25, 0.3) is 5.69 Å². The highest BCUT2D eigenvalue weighted by atomic mass is 35.5. The molecule has 0 amide bonds. The molecule has 0 bridgehead atoms. The van der Waals surface area contributed by atoms with Gasteiger partial charge in [0, 0.05) is 11.4 Å². The molecule has 6 nitrogen and oxygen atoms in total. The highest BCUT2D eigenvalue weighted by molar-refractivity contribution is 6.17. The number of rotatable bonds is 4. The molecule has 0 saturated heterocycles. The molecular formula is C10H7ClN2O4. The Morgan fingerprint density at radius 3 is 2.65 bits per heavy atom. The van der Waals surface area contributed by atoms with Crippen molar-refractivity contribution in [3.8, 4) is 6.07 Å². The van der Waals surface area contributed by atoms with Gasteiger partial charge in [-0.2, -0.15) is 5.26 Å². The van der Waals surface area contributed by atoms with Gasteiger partial charge in [-0.1, -0.05) is 0 Å². The van der Waals surface area contributed by atoms with E-state index in [1.54, 1.807) is 6.07 Å². The Morgan fingerprint density at radius 1 is 1.59 bits per heavy atom. The molecule has 0 aliphatic carbocycles. The lowest BCUT2D eigenvalue weighted by Gasteiger charge is -2.04. The van der Waals surface area contributed by atoms with Gasteiger partial charge in [-0.3, -0.25) is 14.9 Å². The van der Waals surface area contributed by atoms with E-state index in [9.17, 15) is 14.9 Å². The van der Waals surface area contributed by atoms with Crippen LogP contribution in [0, 0.1) is 21.4 Å². The van der Waals surface area contributed by atoms with Crippen LogP contribution in [0.25, 0.3) is 0 Å². The number of carboxylic acids is 1. The summed E-state index contributed by atoms with van der Waals surface area (Å²) < 4.78 is 0. The van der Waals surface area contributed by atoms with Crippen molar-refractivity contribution in [2.75, 3.05) is 0 Å². The zero-order chi connectivity index (χ0) is 13.0. The fraction of sp³-hybridized carbons (Fsp3) is 0.200. The largest absolute Gasteiger partial charge is 0.481 e. The second kappa shape index (κ2) is 5.27. The summed E-state index contributed by atoms with van der Waals surface area (Å²) in [5.74, 6) is -1.15. The Morgan fingerprint density at radius 2 is 2.24 bits per heavy atom. The second-order valence-electron chi connectivity index (χ2n) is 3.22. The Bertz CT molecular complexity index is 522. The predicted octanol–water partition coefficient (Wildman–Crippen LogP) is 1.83. The van der Waals surface area contributed by atoms with Gasteiger partial charge in [-0.05, 0) is 17.7 Å². The van der Waals surface area contributed by atoms with Crippen LogP contribution in [0.2, 0.25) is 0 Å². The lowest BCUT2D eigenvalue weighted by atomic mass is 10.0. The van der Waals surface area contributed by atoms with E-state index in [0.29, 0.717) is 5.56 Å². The first-order chi connectivity index (χ1) is 7.99. The zero-order valence-electron chi connectivity index (χ0n) is 8.51. The molecule has 1 rings (SSSR count). The zero-order valence-corrected chi connectivity index (χ0v) is 9.27. The summed E-state index contributed by atoms with van der Waals surface area (Å²) in [7, 11) is 0. The Labute approximate surface area is 101 Å². The molecule has 0 aliphatic rings. The Hall–Kier alpha value is -2.13. The van der Waals surface area contributed by atoms with Gasteiger partial charge in [0.05, 0.1) is 11.3 Å². The maximum Gasteiger partial charge on any atom is 0.308 e. The molecule has 1 N–H and O–H groups in total. The fourth-order valence-corrected chi connectivity index (χ4v) is 1.59. The Balaban J connectivity index is 3.47. The second-order valence-corrected chi connectivity index (χ2v) is 3.49. The van der Waals surface area contributed by atoms with Crippen molar-refractivity contribution < 1.29 is 14.8 Å². The number of hydrogen-bond acceptors (Lipinski definition) is 4. The molecule has 0 unspecified atom stereocenters. The first kappa shape index (κ1) is 12.9. The third kappa shape index (κ3) is 2.92. The number of nitriles is 1. The molecule has 0 atom stereocenters. The van der Waals surface area contributed by atoms with Gasteiger partial charge in [0.15, 0.2) is 0 Å². The van der Waals surface area contributed by atoms with Crippen LogP contribution in [0.1, 0.15) is 16.7 Å². The van der Waals surface area contributed by atoms with Crippen LogP contribution in [0.3, 0.4) is 0 Å². The van der Waals surface area contributed by atoms with Crippen molar-refractivity contribution in [1.29, 1.82) is 5.26 Å². The predicted molar refractivity (Wildman–Crippen MR) is 58.7 cm³/mol. The van der Waals surface area contributed by atoms with Crippen LogP contribution >= 0.6 is 11.6 Å². The quantitative estimate of drug-likeness (QED) is 0.501. The number of alkyl halides is 1. The molecule has 17 heavy (non-hydrogen) atoms. The van der Waals surface area contributed by atoms with Gasteiger partial charge in [0.2, 0.25) is 0 Å². The monoisotopic (exact) mass is 254 g/mol. The smallest absolute Gasteiger partial charge is 0.308 e. The van der Waals surface area contributed by atoms with Crippen molar-refractivity contribution in [2.24, 2.45) is 0 Å². The number of nitro groups is 1. The molecule has 88 valence electrons. The molecule has 0 aromatic heterocycles. The Kier molecular flexibility index (Phi) is 4.01. The van der Waals surface area contributed by atoms with Crippen LogP contribution in [0.5, 0.6) is 0 Å². The van der Waals surface area contributed by atoms with Crippen molar-refractivity contribution in [1.82, 2.24) is 0 Å². The molecule has 0 spiro atoms. The average Bonchev–Trinajstić information content (AvgIpc) is 2.26. The maximum atomic E-state index is 10.8. The minimum atomic E-state index is -1.20. The first-order valence-corrected chi connectivity index (χ1v) is 5.01. The number of aliphatic carboxylic acids is 1. The summed E-state index contributed by atoms with van der Waals surface area (Å²) in [5, 5.41) is 28.3. The lowest BCUT2D eigenvalue weighted by molar-refractivity contribution is -0.385. The van der Waals surface area contributed by atoms with E-state index in [0.717, 1.165) is 0 Å². The topological polar surface area (TPSA) is 104 Å². The third-order valence-corrected chi connectivity index (χ3v) is 2.36. The van der Waals surface area contributed by atoms with E-state index in [2.05, 4.69) is 0 Å². The van der Waals surface area contributed by atoms with Crippen LogP contribution in [-0.4, -0.2) is 16.0 Å². The summed E-state index contributed by atoms with van der Waals surface area (Å²) in [5.41, 5.74) is -0.185. The lowest BCUT2D eigenvalue weighted by Crippen LogP contribution is -2.06. The summed E-state index contributed by atoms with van der Waals surface area (Å²) in [4.78, 5) is 20.7. The van der Waals surface area contributed by atoms with E-state index in [1.165, 1.54) is 12.1 Å². The average molecular weight is 255 g/mol. The van der Waals surface area contributed by atoms with E-state index in [-0.39, 0.29) is 17.0 Å². The highest BCUT2D eigenvalue weighted by Crippen LogP contribution is 2.26. The van der Waals surface area contributed by atoms with Crippen LogP contribution in [0.15, 0.2) is 12.1 Å². The van der Waals surface area contributed by atoms with Crippen molar-refractivity contribution in [3.05, 3.63) is 38.9 Å². The van der Waals surface area contributed by atoms with Gasteiger partial charge in [-0.15, -0.1) is 11.6 Å². The number of carboxylic acid groups (broad SMARTS) is 1. The normalized spacial score (nSPS) is 9.65. The van der Waals surface area contributed by atoms with Crippen molar-refractivity contribution >= 4 is 23.3 Å². The van der Waals surface area contributed by atoms with E-state index in [4.69, 9.17) is 22.0 Å². The van der Waals surface area contributed by atoms with Crippen molar-refractivity contribution in [2.45, 2.75) is 12.3 Å². The maximum absolute atomic E-state index is 10.8. The SMILES string of the molecule is N#Cc1cc(CCl)cc(CC(=O)O)c1[N+](=O)[O-]. The van der Waals surface area contributed by atoms with Crippen LogP contribution in [-0.2, 0) is 17.1 Å². The van der Waals surface area contributed by atoms with Gasteiger partial charge in [-0.25, -0.2) is 0 Å². The molecule has 0 heterocycles. The van der Waals surface area contributed by atoms with E-state index >= 15 is 0 Å². The molecule has 0 fully saturated rings. The van der Waals surface area contributed by atoms with Crippen LogP contribution < -0.4 is 0 Å². The van der Waals surface area contributed by atoms with Crippen molar-refractivity contribution in [3.63, 3.8) is 0 Å². The summed E-state index contributed by atoms with van der Waals surface area (Å²) in [6, 6.07) is 4.29. The fourth-order valence-electron chi connectivity index (χ4n) is 1.44. The van der Waals surface area contributed by atoms with E-state index in [1.807, 2.05) is 0 Å². The summed E-state index contributed by atoms with van der Waals surface area (Å²) in [6.07, 6.45) is -0.518. The number of nitrogens with zero attached hydrogens (tertiary/aromatic N) is 2. The summed E-state index contributed by atoms with van der Waals surface area (Å²) >= 11 is 5.57. The highest BCUT2D eigenvalue weighted by Gasteiger charge is 2.22. The summed E-state index contributed by atoms with van der Waals surface area (Å²) in [6.45, 7) is 0. The van der Waals surface area contributed by atoms with Crippen LogP contribution in [0.4, 0.5) is 5.69 Å². The standard InChI is InChI=1S/C10H7ClN2O4/c11-4-6-1-7(3-9(14)15)10(13(16)17)8(2-6)5-12/h1-2H,3-4H2,(H,14,15). The molecule has 0 saturated carbocycles. The molecule has 0 aliphatic heterocycles. The first-order valence-electron chi connectivity index (χ1n) is 4.47. The van der Waals surface area contributed by atoms with Gasteiger partial charge < -0.3 is 5.11 Å². The third-order valence-electron chi connectivity index (χ3n) is 2.05. The number of hydrogen-bond donors (Lipinski definition) is 1. The minimum Gasteiger partial charge on any atom is -0.481 e.